The summed E-state index contributed by atoms with van der Waals surface area (Å²) in [4.78, 5) is 12.2. The van der Waals surface area contributed by atoms with E-state index in [1.807, 2.05) is 38.1 Å². The molecule has 3 rings (SSSR count). The van der Waals surface area contributed by atoms with Crippen LogP contribution in [0.4, 0.5) is 5.13 Å². The molecule has 3 aromatic rings. The third-order valence-electron chi connectivity index (χ3n) is 4.15. The molecular formula is C19H19ClN4O3S2. The van der Waals surface area contributed by atoms with Crippen LogP contribution in [-0.4, -0.2) is 24.5 Å². The number of hydrogen-bond donors (Lipinski definition) is 2. The first-order chi connectivity index (χ1) is 13.8. The highest BCUT2D eigenvalue weighted by Crippen LogP contribution is 2.24. The van der Waals surface area contributed by atoms with Gasteiger partial charge in [0.15, 0.2) is 0 Å². The highest BCUT2D eigenvalue weighted by molar-refractivity contribution is 7.91. The largest absolute Gasteiger partial charge is 0.296 e. The molecule has 152 valence electrons. The first kappa shape index (κ1) is 21.4. The number of carbonyl (C=O) groups excluding carboxylic acids is 1. The van der Waals surface area contributed by atoms with Crippen molar-refractivity contribution in [1.29, 1.82) is 0 Å². The van der Waals surface area contributed by atoms with Gasteiger partial charge in [-0.15, -0.1) is 10.2 Å². The molecule has 7 nitrogen and oxygen atoms in total. The van der Waals surface area contributed by atoms with E-state index in [0.717, 1.165) is 22.5 Å². The molecule has 0 bridgehead atoms. The summed E-state index contributed by atoms with van der Waals surface area (Å²) in [5.74, 6) is -0.430. The quantitative estimate of drug-likeness (QED) is 0.526. The molecule has 1 amide bonds. The van der Waals surface area contributed by atoms with Crippen LogP contribution in [-0.2, 0) is 10.0 Å². The van der Waals surface area contributed by atoms with Crippen molar-refractivity contribution in [2.45, 2.75) is 30.6 Å². The number of aryl methyl sites for hydroxylation is 1. The minimum Gasteiger partial charge on any atom is -0.296 e. The van der Waals surface area contributed by atoms with Crippen molar-refractivity contribution in [3.8, 4) is 0 Å². The average molecular weight is 451 g/mol. The van der Waals surface area contributed by atoms with Crippen LogP contribution in [0.3, 0.4) is 0 Å². The zero-order valence-electron chi connectivity index (χ0n) is 15.7. The monoisotopic (exact) mass is 450 g/mol. The van der Waals surface area contributed by atoms with Crippen LogP contribution >= 0.6 is 22.9 Å². The van der Waals surface area contributed by atoms with Gasteiger partial charge in [0.2, 0.25) is 9.47 Å². The normalized spacial score (nSPS) is 12.5. The smallest absolute Gasteiger partial charge is 0.270 e. The van der Waals surface area contributed by atoms with E-state index >= 15 is 0 Å². The second-order valence-corrected chi connectivity index (χ2v) is 9.63. The van der Waals surface area contributed by atoms with Crippen molar-refractivity contribution in [1.82, 2.24) is 14.9 Å². The molecule has 0 aliphatic rings. The van der Waals surface area contributed by atoms with Gasteiger partial charge >= 0.3 is 0 Å². The van der Waals surface area contributed by atoms with E-state index in [-0.39, 0.29) is 9.47 Å². The fourth-order valence-corrected chi connectivity index (χ4v) is 4.91. The van der Waals surface area contributed by atoms with E-state index in [4.69, 9.17) is 11.6 Å². The summed E-state index contributed by atoms with van der Waals surface area (Å²) in [5, 5.41) is 10.6. The maximum atomic E-state index is 12.7. The third-order valence-corrected chi connectivity index (χ3v) is 7.08. The standard InChI is InChI=1S/C19H19ClN4O3S2/c1-3-16(13-6-4-12(2)5-7-13)24-29(26,27)19-23-22-18(28-19)21-17(25)14-8-10-15(20)11-9-14/h4-11,16,24H,3H2,1-2H3,(H,21,22,25). The average Bonchev–Trinajstić information content (AvgIpc) is 3.17. The zero-order valence-corrected chi connectivity index (χ0v) is 18.1. The third kappa shape index (κ3) is 5.39. The molecule has 1 aromatic heterocycles. The number of benzene rings is 2. The van der Waals surface area contributed by atoms with Crippen molar-refractivity contribution in [3.63, 3.8) is 0 Å². The Hall–Kier alpha value is -2.33. The lowest BCUT2D eigenvalue weighted by atomic mass is 10.0. The molecule has 1 atom stereocenters. The van der Waals surface area contributed by atoms with Crippen LogP contribution in [0.25, 0.3) is 0 Å². The number of carbonyl (C=O) groups is 1. The molecule has 0 radical (unpaired) electrons. The molecule has 1 unspecified atom stereocenters. The van der Waals surface area contributed by atoms with Gasteiger partial charge in [0.1, 0.15) is 0 Å². The van der Waals surface area contributed by atoms with Crippen LogP contribution in [0, 0.1) is 6.92 Å². The number of halogens is 1. The molecule has 2 N–H and O–H groups in total. The van der Waals surface area contributed by atoms with Gasteiger partial charge in [0, 0.05) is 16.6 Å². The Balaban J connectivity index is 1.73. The minimum absolute atomic E-state index is 0.0914. The van der Waals surface area contributed by atoms with E-state index in [2.05, 4.69) is 20.2 Å². The van der Waals surface area contributed by atoms with E-state index < -0.39 is 22.0 Å². The van der Waals surface area contributed by atoms with Crippen molar-refractivity contribution in [2.75, 3.05) is 5.32 Å². The maximum absolute atomic E-state index is 12.7. The summed E-state index contributed by atoms with van der Waals surface area (Å²) in [6.07, 6.45) is 0.571. The predicted octanol–water partition coefficient (Wildman–Crippen LogP) is 4.18. The Morgan fingerprint density at radius 3 is 2.38 bits per heavy atom. The van der Waals surface area contributed by atoms with Gasteiger partial charge in [0.25, 0.3) is 15.9 Å². The number of rotatable bonds is 7. The molecule has 2 aromatic carbocycles. The van der Waals surface area contributed by atoms with Crippen molar-refractivity contribution in [3.05, 3.63) is 70.2 Å². The molecule has 0 aliphatic carbocycles. The van der Waals surface area contributed by atoms with Crippen LogP contribution in [0.5, 0.6) is 0 Å². The molecule has 29 heavy (non-hydrogen) atoms. The first-order valence-electron chi connectivity index (χ1n) is 8.78. The van der Waals surface area contributed by atoms with Crippen molar-refractivity contribution >= 4 is 44.0 Å². The van der Waals surface area contributed by atoms with E-state index in [1.54, 1.807) is 24.3 Å². The Morgan fingerprint density at radius 2 is 1.76 bits per heavy atom. The fraction of sp³-hybridized carbons (Fsp3) is 0.211. The van der Waals surface area contributed by atoms with Crippen LogP contribution in [0.15, 0.2) is 52.9 Å². The Labute approximate surface area is 178 Å². The zero-order chi connectivity index (χ0) is 21.0. The van der Waals surface area contributed by atoms with Gasteiger partial charge in [0.05, 0.1) is 0 Å². The number of nitrogens with zero attached hydrogens (tertiary/aromatic N) is 2. The summed E-state index contributed by atoms with van der Waals surface area (Å²) >= 11 is 6.60. The summed E-state index contributed by atoms with van der Waals surface area (Å²) in [6, 6.07) is 13.6. The van der Waals surface area contributed by atoms with Crippen LogP contribution in [0.1, 0.15) is 40.9 Å². The second kappa shape index (κ2) is 9.00. The molecule has 0 aliphatic heterocycles. The Morgan fingerprint density at radius 1 is 1.10 bits per heavy atom. The summed E-state index contributed by atoms with van der Waals surface area (Å²) in [5.41, 5.74) is 2.33. The minimum atomic E-state index is -3.89. The maximum Gasteiger partial charge on any atom is 0.270 e. The lowest BCUT2D eigenvalue weighted by molar-refractivity contribution is 0.102. The van der Waals surface area contributed by atoms with Crippen LogP contribution in [0.2, 0.25) is 5.02 Å². The van der Waals surface area contributed by atoms with Gasteiger partial charge in [-0.1, -0.05) is 59.7 Å². The van der Waals surface area contributed by atoms with Crippen molar-refractivity contribution < 1.29 is 13.2 Å². The number of nitrogens with one attached hydrogen (secondary N) is 2. The van der Waals surface area contributed by atoms with Gasteiger partial charge in [-0.3, -0.25) is 10.1 Å². The Bertz CT molecular complexity index is 1100. The van der Waals surface area contributed by atoms with E-state index in [9.17, 15) is 13.2 Å². The summed E-state index contributed by atoms with van der Waals surface area (Å²) < 4.78 is 27.9. The number of anilines is 1. The highest BCUT2D eigenvalue weighted by atomic mass is 35.5. The molecule has 0 saturated heterocycles. The summed E-state index contributed by atoms with van der Waals surface area (Å²) in [7, 11) is -3.89. The number of aromatic nitrogens is 2. The molecular weight excluding hydrogens is 432 g/mol. The predicted molar refractivity (Wildman–Crippen MR) is 114 cm³/mol. The lowest BCUT2D eigenvalue weighted by Gasteiger charge is -2.16. The van der Waals surface area contributed by atoms with Gasteiger partial charge in [-0.2, -0.15) is 0 Å². The molecule has 1 heterocycles. The summed E-state index contributed by atoms with van der Waals surface area (Å²) in [6.45, 7) is 3.86. The van der Waals surface area contributed by atoms with Gasteiger partial charge in [-0.25, -0.2) is 13.1 Å². The number of amides is 1. The van der Waals surface area contributed by atoms with Crippen molar-refractivity contribution in [2.24, 2.45) is 0 Å². The first-order valence-corrected chi connectivity index (χ1v) is 11.5. The van der Waals surface area contributed by atoms with Gasteiger partial charge < -0.3 is 0 Å². The molecule has 0 fully saturated rings. The van der Waals surface area contributed by atoms with E-state index in [0.29, 0.717) is 17.0 Å². The molecule has 0 spiro atoms. The SMILES string of the molecule is CCC(NS(=O)(=O)c1nnc(NC(=O)c2ccc(Cl)cc2)s1)c1ccc(C)cc1. The molecule has 10 heteroatoms. The number of hydrogen-bond acceptors (Lipinski definition) is 6. The topological polar surface area (TPSA) is 101 Å². The van der Waals surface area contributed by atoms with Crippen LogP contribution < -0.4 is 10.0 Å². The highest BCUT2D eigenvalue weighted by Gasteiger charge is 2.25. The van der Waals surface area contributed by atoms with E-state index in [1.165, 1.54) is 0 Å². The lowest BCUT2D eigenvalue weighted by Crippen LogP contribution is -2.28. The number of sulfonamides is 1. The molecule has 0 saturated carbocycles. The fourth-order valence-electron chi connectivity index (χ4n) is 2.56. The second-order valence-electron chi connectivity index (χ2n) is 6.33. The van der Waals surface area contributed by atoms with Gasteiger partial charge in [-0.05, 0) is 43.2 Å². The Kier molecular flexibility index (Phi) is 6.63.